The molecule has 0 spiro atoms. The lowest BCUT2D eigenvalue weighted by Crippen LogP contribution is -2.36. The van der Waals surface area contributed by atoms with Crippen molar-refractivity contribution in [3.05, 3.63) is 11.7 Å². The molecule has 0 amide bonds. The van der Waals surface area contributed by atoms with Crippen molar-refractivity contribution in [1.29, 1.82) is 0 Å². The Morgan fingerprint density at radius 3 is 3.00 bits per heavy atom. The zero-order chi connectivity index (χ0) is 13.1. The molecule has 3 heterocycles. The molecule has 3 rings (SSSR count). The highest BCUT2D eigenvalue weighted by atomic mass is 16.5. The summed E-state index contributed by atoms with van der Waals surface area (Å²) in [5, 5.41) is 7.67. The first kappa shape index (κ1) is 13.1. The van der Waals surface area contributed by atoms with Crippen LogP contribution < -0.4 is 5.32 Å². The molecule has 19 heavy (non-hydrogen) atoms. The number of nitrogens with one attached hydrogen (secondary N) is 1. The minimum Gasteiger partial charge on any atom is -0.378 e. The lowest BCUT2D eigenvalue weighted by atomic mass is 9.94. The number of ether oxygens (including phenoxy) is 1. The summed E-state index contributed by atoms with van der Waals surface area (Å²) in [6.45, 7) is 4.08. The Morgan fingerprint density at radius 1 is 1.37 bits per heavy atom. The van der Waals surface area contributed by atoms with Crippen molar-refractivity contribution in [1.82, 2.24) is 15.5 Å². The van der Waals surface area contributed by atoms with Crippen LogP contribution >= 0.6 is 0 Å². The number of aromatic nitrogens is 2. The molecule has 0 saturated carbocycles. The summed E-state index contributed by atoms with van der Waals surface area (Å²) in [5.41, 5.74) is -0.0847. The smallest absolute Gasteiger partial charge is 0.246 e. The fourth-order valence-electron chi connectivity index (χ4n) is 3.15. The molecule has 0 bridgehead atoms. The average Bonchev–Trinajstić information content (AvgIpc) is 3.09. The van der Waals surface area contributed by atoms with E-state index in [2.05, 4.69) is 22.4 Å². The molecule has 5 nitrogen and oxygen atoms in total. The maximum atomic E-state index is 5.73. The summed E-state index contributed by atoms with van der Waals surface area (Å²) in [7, 11) is 0. The van der Waals surface area contributed by atoms with Crippen molar-refractivity contribution in [2.45, 2.75) is 63.5 Å². The zero-order valence-corrected chi connectivity index (χ0v) is 11.7. The lowest BCUT2D eigenvalue weighted by molar-refractivity contribution is 0.0153. The van der Waals surface area contributed by atoms with E-state index >= 15 is 0 Å². The van der Waals surface area contributed by atoms with Gasteiger partial charge in [0, 0.05) is 13.0 Å². The van der Waals surface area contributed by atoms with E-state index in [1.54, 1.807) is 0 Å². The maximum absolute atomic E-state index is 5.73. The van der Waals surface area contributed by atoms with Gasteiger partial charge in [0.05, 0.1) is 11.6 Å². The summed E-state index contributed by atoms with van der Waals surface area (Å²) in [4.78, 5) is 4.61. The quantitative estimate of drug-likeness (QED) is 0.904. The maximum Gasteiger partial charge on any atom is 0.246 e. The molecule has 0 aromatic carbocycles. The SMILES string of the molecule is CCC1(c2nc(CC3CCCCO3)no2)CCCN1. The Hall–Kier alpha value is -0.940. The van der Waals surface area contributed by atoms with E-state index in [1.807, 2.05) is 0 Å². The van der Waals surface area contributed by atoms with Crippen molar-refractivity contribution in [2.75, 3.05) is 13.2 Å². The number of rotatable bonds is 4. The second-order valence-electron chi connectivity index (χ2n) is 5.67. The molecule has 1 aromatic rings. The summed E-state index contributed by atoms with van der Waals surface area (Å²) in [6, 6.07) is 0. The van der Waals surface area contributed by atoms with Gasteiger partial charge < -0.3 is 14.6 Å². The van der Waals surface area contributed by atoms with Crippen LogP contribution in [0.1, 0.15) is 57.2 Å². The minimum absolute atomic E-state index is 0.0847. The second-order valence-corrected chi connectivity index (χ2v) is 5.67. The first-order valence-electron chi connectivity index (χ1n) is 7.52. The van der Waals surface area contributed by atoms with Crippen LogP contribution in [0.3, 0.4) is 0 Å². The predicted octanol–water partition coefficient (Wildman–Crippen LogP) is 2.17. The molecular formula is C14H23N3O2. The fourth-order valence-corrected chi connectivity index (χ4v) is 3.15. The molecule has 0 radical (unpaired) electrons. The van der Waals surface area contributed by atoms with Crippen LogP contribution in [0.4, 0.5) is 0 Å². The Kier molecular flexibility index (Phi) is 3.84. The van der Waals surface area contributed by atoms with E-state index in [9.17, 15) is 0 Å². The Labute approximate surface area is 114 Å². The highest BCUT2D eigenvalue weighted by Gasteiger charge is 2.39. The van der Waals surface area contributed by atoms with E-state index in [1.165, 1.54) is 19.3 Å². The molecule has 106 valence electrons. The van der Waals surface area contributed by atoms with Gasteiger partial charge in [0.15, 0.2) is 5.82 Å². The van der Waals surface area contributed by atoms with Gasteiger partial charge in [0.25, 0.3) is 0 Å². The molecule has 1 aromatic heterocycles. The Balaban J connectivity index is 1.68. The predicted molar refractivity (Wildman–Crippen MR) is 70.8 cm³/mol. The highest BCUT2D eigenvalue weighted by molar-refractivity contribution is 5.06. The van der Waals surface area contributed by atoms with Crippen molar-refractivity contribution >= 4 is 0 Å². The van der Waals surface area contributed by atoms with E-state index in [0.717, 1.165) is 50.6 Å². The molecule has 0 aliphatic carbocycles. The normalized spacial score (nSPS) is 31.7. The highest BCUT2D eigenvalue weighted by Crippen LogP contribution is 2.32. The third-order valence-electron chi connectivity index (χ3n) is 4.41. The van der Waals surface area contributed by atoms with E-state index in [0.29, 0.717) is 0 Å². The fraction of sp³-hybridized carbons (Fsp3) is 0.857. The van der Waals surface area contributed by atoms with E-state index in [-0.39, 0.29) is 11.6 Å². The molecular weight excluding hydrogens is 242 g/mol. The standard InChI is InChI=1S/C14H23N3O2/c1-2-14(7-5-8-15-14)13-16-12(17-19-13)10-11-6-3-4-9-18-11/h11,15H,2-10H2,1H3. The van der Waals surface area contributed by atoms with Crippen LogP contribution in [-0.4, -0.2) is 29.4 Å². The lowest BCUT2D eigenvalue weighted by Gasteiger charge is -2.23. The van der Waals surface area contributed by atoms with Crippen LogP contribution in [0.25, 0.3) is 0 Å². The number of hydrogen-bond donors (Lipinski definition) is 1. The Morgan fingerprint density at radius 2 is 2.32 bits per heavy atom. The van der Waals surface area contributed by atoms with Gasteiger partial charge in [-0.1, -0.05) is 12.1 Å². The summed E-state index contributed by atoms with van der Waals surface area (Å²) >= 11 is 0. The third kappa shape index (κ3) is 2.67. The molecule has 2 aliphatic rings. The van der Waals surface area contributed by atoms with Gasteiger partial charge in [-0.25, -0.2) is 0 Å². The molecule has 2 fully saturated rings. The molecule has 1 N–H and O–H groups in total. The summed E-state index contributed by atoms with van der Waals surface area (Å²) in [6.07, 6.45) is 7.85. The number of nitrogens with zero attached hydrogens (tertiary/aromatic N) is 2. The van der Waals surface area contributed by atoms with Crippen molar-refractivity contribution in [3.8, 4) is 0 Å². The first-order chi connectivity index (χ1) is 9.32. The first-order valence-corrected chi connectivity index (χ1v) is 7.52. The van der Waals surface area contributed by atoms with Gasteiger partial charge >= 0.3 is 0 Å². The van der Waals surface area contributed by atoms with E-state index < -0.39 is 0 Å². The van der Waals surface area contributed by atoms with E-state index in [4.69, 9.17) is 9.26 Å². The second kappa shape index (κ2) is 5.59. The van der Waals surface area contributed by atoms with Gasteiger partial charge in [-0.05, 0) is 45.1 Å². The van der Waals surface area contributed by atoms with Crippen molar-refractivity contribution < 1.29 is 9.26 Å². The van der Waals surface area contributed by atoms with Crippen LogP contribution in [0.5, 0.6) is 0 Å². The van der Waals surface area contributed by atoms with Gasteiger partial charge in [-0.3, -0.25) is 0 Å². The van der Waals surface area contributed by atoms with Crippen LogP contribution in [0, 0.1) is 0 Å². The van der Waals surface area contributed by atoms with Gasteiger partial charge in [-0.15, -0.1) is 0 Å². The van der Waals surface area contributed by atoms with Crippen LogP contribution in [-0.2, 0) is 16.7 Å². The summed E-state index contributed by atoms with van der Waals surface area (Å²) < 4.78 is 11.2. The molecule has 2 saturated heterocycles. The third-order valence-corrected chi connectivity index (χ3v) is 4.41. The Bertz CT molecular complexity index is 407. The molecule has 2 unspecified atom stereocenters. The molecule has 2 aliphatic heterocycles. The zero-order valence-electron chi connectivity index (χ0n) is 11.7. The number of hydrogen-bond acceptors (Lipinski definition) is 5. The minimum atomic E-state index is -0.0847. The van der Waals surface area contributed by atoms with Gasteiger partial charge in [-0.2, -0.15) is 4.98 Å². The van der Waals surface area contributed by atoms with Crippen LogP contribution in [0.2, 0.25) is 0 Å². The van der Waals surface area contributed by atoms with Crippen molar-refractivity contribution in [3.63, 3.8) is 0 Å². The summed E-state index contributed by atoms with van der Waals surface area (Å²) in [5.74, 6) is 1.56. The van der Waals surface area contributed by atoms with Gasteiger partial charge in [0.1, 0.15) is 0 Å². The largest absolute Gasteiger partial charge is 0.378 e. The molecule has 2 atom stereocenters. The molecule has 5 heteroatoms. The topological polar surface area (TPSA) is 60.2 Å². The average molecular weight is 265 g/mol. The van der Waals surface area contributed by atoms with Crippen molar-refractivity contribution in [2.24, 2.45) is 0 Å². The van der Waals surface area contributed by atoms with Gasteiger partial charge in [0.2, 0.25) is 5.89 Å². The monoisotopic (exact) mass is 265 g/mol. The van der Waals surface area contributed by atoms with Crippen LogP contribution in [0.15, 0.2) is 4.52 Å².